The Morgan fingerprint density at radius 3 is 2.48 bits per heavy atom. The van der Waals surface area contributed by atoms with Crippen LogP contribution in [-0.2, 0) is 0 Å². The van der Waals surface area contributed by atoms with E-state index in [4.69, 9.17) is 9.84 Å². The SMILES string of the molecule is CC1(C)C=C(c2ccc(F)cc2F)c2cc(C(=O)O)ccc2O1. The third kappa shape index (κ3) is 2.82. The maximum absolute atomic E-state index is 14.2. The van der Waals surface area contributed by atoms with E-state index < -0.39 is 23.2 Å². The van der Waals surface area contributed by atoms with E-state index in [1.165, 1.54) is 24.3 Å². The van der Waals surface area contributed by atoms with Crippen LogP contribution in [0.5, 0.6) is 5.75 Å². The number of aromatic carboxylic acids is 1. The van der Waals surface area contributed by atoms with Crippen molar-refractivity contribution in [3.8, 4) is 5.75 Å². The maximum atomic E-state index is 14.2. The van der Waals surface area contributed by atoms with Crippen LogP contribution in [0.15, 0.2) is 42.5 Å². The molecule has 2 aromatic rings. The monoisotopic (exact) mass is 316 g/mol. The molecule has 0 unspecified atom stereocenters. The molecule has 2 aromatic carbocycles. The average Bonchev–Trinajstić information content (AvgIpc) is 2.45. The van der Waals surface area contributed by atoms with E-state index in [1.54, 1.807) is 12.1 Å². The summed E-state index contributed by atoms with van der Waals surface area (Å²) in [5.74, 6) is -2.00. The van der Waals surface area contributed by atoms with Crippen LogP contribution in [0, 0.1) is 11.6 Å². The van der Waals surface area contributed by atoms with Crippen LogP contribution in [0.2, 0.25) is 0 Å². The number of hydrogen-bond acceptors (Lipinski definition) is 2. The van der Waals surface area contributed by atoms with Crippen LogP contribution in [-0.4, -0.2) is 16.7 Å². The summed E-state index contributed by atoms with van der Waals surface area (Å²) in [5, 5.41) is 9.15. The van der Waals surface area contributed by atoms with E-state index in [9.17, 15) is 13.6 Å². The second-order valence-corrected chi connectivity index (χ2v) is 5.90. The van der Waals surface area contributed by atoms with Crippen LogP contribution < -0.4 is 4.74 Å². The molecule has 0 fully saturated rings. The molecule has 0 radical (unpaired) electrons. The highest BCUT2D eigenvalue weighted by molar-refractivity contribution is 5.92. The number of benzene rings is 2. The first-order valence-corrected chi connectivity index (χ1v) is 7.02. The van der Waals surface area contributed by atoms with Crippen molar-refractivity contribution in [1.82, 2.24) is 0 Å². The lowest BCUT2D eigenvalue weighted by Gasteiger charge is -2.31. The van der Waals surface area contributed by atoms with E-state index >= 15 is 0 Å². The molecule has 0 aromatic heterocycles. The second kappa shape index (κ2) is 5.19. The molecule has 3 nitrogen and oxygen atoms in total. The van der Waals surface area contributed by atoms with Gasteiger partial charge in [0.1, 0.15) is 23.0 Å². The van der Waals surface area contributed by atoms with Gasteiger partial charge in [-0.1, -0.05) is 0 Å². The minimum Gasteiger partial charge on any atom is -0.483 e. The van der Waals surface area contributed by atoms with Gasteiger partial charge in [-0.3, -0.25) is 0 Å². The van der Waals surface area contributed by atoms with Gasteiger partial charge < -0.3 is 9.84 Å². The van der Waals surface area contributed by atoms with Crippen LogP contribution in [0.1, 0.15) is 35.3 Å². The first kappa shape index (κ1) is 15.2. The molecule has 118 valence electrons. The van der Waals surface area contributed by atoms with E-state index in [0.29, 0.717) is 16.9 Å². The van der Waals surface area contributed by atoms with E-state index in [1.807, 2.05) is 13.8 Å². The average molecular weight is 316 g/mol. The highest BCUT2D eigenvalue weighted by Gasteiger charge is 2.29. The van der Waals surface area contributed by atoms with E-state index in [2.05, 4.69) is 0 Å². The van der Waals surface area contributed by atoms with Gasteiger partial charge in [0.2, 0.25) is 0 Å². The predicted octanol–water partition coefficient (Wildman–Crippen LogP) is 4.27. The summed E-state index contributed by atoms with van der Waals surface area (Å²) in [4.78, 5) is 11.2. The van der Waals surface area contributed by atoms with Crippen LogP contribution >= 0.6 is 0 Å². The fourth-order valence-corrected chi connectivity index (χ4v) is 2.63. The molecule has 0 saturated heterocycles. The minimum absolute atomic E-state index is 0.0699. The van der Waals surface area contributed by atoms with Crippen molar-refractivity contribution in [2.45, 2.75) is 19.4 Å². The number of carbonyl (C=O) groups is 1. The first-order valence-electron chi connectivity index (χ1n) is 7.02. The number of fused-ring (bicyclic) bond motifs is 1. The third-order valence-electron chi connectivity index (χ3n) is 3.60. The summed E-state index contributed by atoms with van der Waals surface area (Å²) in [6, 6.07) is 7.73. The van der Waals surface area contributed by atoms with Gasteiger partial charge in [0.15, 0.2) is 0 Å². The maximum Gasteiger partial charge on any atom is 0.335 e. The summed E-state index contributed by atoms with van der Waals surface area (Å²) in [6.07, 6.45) is 1.71. The third-order valence-corrected chi connectivity index (χ3v) is 3.60. The fourth-order valence-electron chi connectivity index (χ4n) is 2.63. The standard InChI is InChI=1S/C18H14F2O3/c1-18(2)9-14(12-5-4-11(19)8-15(12)20)13-7-10(17(21)22)3-6-16(13)23-18/h3-9H,1-2H3,(H,21,22). The lowest BCUT2D eigenvalue weighted by atomic mass is 9.89. The van der Waals surface area contributed by atoms with Crippen LogP contribution in [0.4, 0.5) is 8.78 Å². The Hall–Kier alpha value is -2.69. The second-order valence-electron chi connectivity index (χ2n) is 5.90. The molecule has 0 spiro atoms. The van der Waals surface area contributed by atoms with Gasteiger partial charge >= 0.3 is 5.97 Å². The highest BCUT2D eigenvalue weighted by atomic mass is 19.1. The number of carboxylic acids is 1. The van der Waals surface area contributed by atoms with Crippen molar-refractivity contribution in [2.75, 3.05) is 0 Å². The van der Waals surface area contributed by atoms with Crippen molar-refractivity contribution in [3.63, 3.8) is 0 Å². The van der Waals surface area contributed by atoms with Crippen molar-refractivity contribution >= 4 is 11.5 Å². The quantitative estimate of drug-likeness (QED) is 0.900. The Bertz CT molecular complexity index is 838. The predicted molar refractivity (Wildman–Crippen MR) is 81.5 cm³/mol. The number of carboxylic acid groups (broad SMARTS) is 1. The van der Waals surface area contributed by atoms with Crippen molar-refractivity contribution < 1.29 is 23.4 Å². The Morgan fingerprint density at radius 1 is 1.09 bits per heavy atom. The molecular weight excluding hydrogens is 302 g/mol. The molecule has 0 bridgehead atoms. The summed E-state index contributed by atoms with van der Waals surface area (Å²) < 4.78 is 33.2. The molecular formula is C18H14F2O3. The number of rotatable bonds is 2. The number of halogens is 2. The minimum atomic E-state index is -1.09. The molecule has 5 heteroatoms. The van der Waals surface area contributed by atoms with Crippen molar-refractivity contribution in [2.24, 2.45) is 0 Å². The van der Waals surface area contributed by atoms with Crippen LogP contribution in [0.25, 0.3) is 5.57 Å². The zero-order valence-electron chi connectivity index (χ0n) is 12.6. The molecule has 1 aliphatic heterocycles. The summed E-state index contributed by atoms with van der Waals surface area (Å²) in [7, 11) is 0. The van der Waals surface area contributed by atoms with Gasteiger partial charge in [0, 0.05) is 17.2 Å². The lowest BCUT2D eigenvalue weighted by molar-refractivity contribution is 0.0696. The summed E-state index contributed by atoms with van der Waals surface area (Å²) in [5.41, 5.74) is 0.520. The van der Waals surface area contributed by atoms with Gasteiger partial charge in [0.05, 0.1) is 5.56 Å². The smallest absolute Gasteiger partial charge is 0.335 e. The number of hydrogen-bond donors (Lipinski definition) is 1. The van der Waals surface area contributed by atoms with Crippen molar-refractivity contribution in [3.05, 3.63) is 70.8 Å². The lowest BCUT2D eigenvalue weighted by Crippen LogP contribution is -2.29. The fraction of sp³-hybridized carbons (Fsp3) is 0.167. The Balaban J connectivity index is 2.24. The van der Waals surface area contributed by atoms with Crippen LogP contribution in [0.3, 0.4) is 0 Å². The van der Waals surface area contributed by atoms with Gasteiger partial charge in [-0.05, 0) is 55.8 Å². The molecule has 1 N–H and O–H groups in total. The first-order chi connectivity index (χ1) is 10.8. The zero-order valence-corrected chi connectivity index (χ0v) is 12.6. The Morgan fingerprint density at radius 2 is 1.83 bits per heavy atom. The van der Waals surface area contributed by atoms with Gasteiger partial charge in [0.25, 0.3) is 0 Å². The molecule has 1 aliphatic rings. The van der Waals surface area contributed by atoms with Gasteiger partial charge in [-0.15, -0.1) is 0 Å². The Kier molecular flexibility index (Phi) is 3.43. The summed E-state index contributed by atoms with van der Waals surface area (Å²) in [6.45, 7) is 3.62. The van der Waals surface area contributed by atoms with Crippen molar-refractivity contribution in [1.29, 1.82) is 0 Å². The molecule has 0 atom stereocenters. The molecule has 1 heterocycles. The zero-order chi connectivity index (χ0) is 16.8. The van der Waals surface area contributed by atoms with Gasteiger partial charge in [-0.2, -0.15) is 0 Å². The van der Waals surface area contributed by atoms with E-state index in [0.717, 1.165) is 6.07 Å². The topological polar surface area (TPSA) is 46.5 Å². The molecule has 0 saturated carbocycles. The Labute approximate surface area is 131 Å². The molecule has 3 rings (SSSR count). The van der Waals surface area contributed by atoms with Gasteiger partial charge in [-0.25, -0.2) is 13.6 Å². The number of ether oxygens (including phenoxy) is 1. The normalized spacial score (nSPS) is 15.4. The largest absolute Gasteiger partial charge is 0.483 e. The molecule has 0 aliphatic carbocycles. The summed E-state index contributed by atoms with van der Waals surface area (Å²) >= 11 is 0. The highest BCUT2D eigenvalue weighted by Crippen LogP contribution is 2.40. The van der Waals surface area contributed by atoms with E-state index in [-0.39, 0.29) is 11.1 Å². The molecule has 23 heavy (non-hydrogen) atoms. The molecule has 0 amide bonds.